The molecule has 1 aliphatic heterocycles. The molecule has 1 aromatic heterocycles. The van der Waals surface area contributed by atoms with Crippen LogP contribution in [0.4, 0.5) is 0 Å². The van der Waals surface area contributed by atoms with Crippen molar-refractivity contribution in [1.82, 2.24) is 10.3 Å². The Kier molecular flexibility index (Phi) is 4.68. The predicted molar refractivity (Wildman–Crippen MR) is 89.7 cm³/mol. The first-order chi connectivity index (χ1) is 11.8. The van der Waals surface area contributed by atoms with Gasteiger partial charge in [-0.15, -0.1) is 0 Å². The summed E-state index contributed by atoms with van der Waals surface area (Å²) in [5, 5.41) is 12.0. The number of nitriles is 1. The van der Waals surface area contributed by atoms with Gasteiger partial charge >= 0.3 is 0 Å². The molecule has 118 valence electrons. The van der Waals surface area contributed by atoms with E-state index in [4.69, 9.17) is 4.74 Å². The SMILES string of the molecule is N#C/C(=C/C1=Cc2ccccc2OC1)C(=O)NCc1cccnc1. The van der Waals surface area contributed by atoms with E-state index in [1.54, 1.807) is 24.5 Å². The molecule has 0 spiro atoms. The van der Waals surface area contributed by atoms with E-state index in [-0.39, 0.29) is 5.57 Å². The number of rotatable bonds is 4. The third kappa shape index (κ3) is 3.68. The van der Waals surface area contributed by atoms with Gasteiger partial charge in [0, 0.05) is 24.5 Å². The van der Waals surface area contributed by atoms with E-state index in [1.165, 1.54) is 0 Å². The number of pyridine rings is 1. The van der Waals surface area contributed by atoms with Gasteiger partial charge in [-0.1, -0.05) is 24.3 Å². The fourth-order valence-electron chi connectivity index (χ4n) is 2.33. The van der Waals surface area contributed by atoms with Crippen LogP contribution in [0.5, 0.6) is 5.75 Å². The lowest BCUT2D eigenvalue weighted by molar-refractivity contribution is -0.117. The Hall–Kier alpha value is -3.39. The van der Waals surface area contributed by atoms with Gasteiger partial charge in [-0.05, 0) is 35.4 Å². The Labute approximate surface area is 139 Å². The predicted octanol–water partition coefficient (Wildman–Crippen LogP) is 2.62. The van der Waals surface area contributed by atoms with E-state index >= 15 is 0 Å². The van der Waals surface area contributed by atoms with Crippen molar-refractivity contribution in [1.29, 1.82) is 5.26 Å². The molecule has 2 heterocycles. The minimum atomic E-state index is -0.416. The van der Waals surface area contributed by atoms with Crippen LogP contribution in [0.3, 0.4) is 0 Å². The maximum atomic E-state index is 12.2. The highest BCUT2D eigenvalue weighted by molar-refractivity contribution is 5.98. The highest BCUT2D eigenvalue weighted by Crippen LogP contribution is 2.26. The number of benzene rings is 1. The molecule has 24 heavy (non-hydrogen) atoms. The van der Waals surface area contributed by atoms with Crippen LogP contribution in [0.2, 0.25) is 0 Å². The van der Waals surface area contributed by atoms with E-state index in [2.05, 4.69) is 10.3 Å². The largest absolute Gasteiger partial charge is 0.488 e. The summed E-state index contributed by atoms with van der Waals surface area (Å²) < 4.78 is 5.63. The number of ether oxygens (including phenoxy) is 1. The molecule has 0 fully saturated rings. The Morgan fingerprint density at radius 3 is 3.00 bits per heavy atom. The fraction of sp³-hybridized carbons (Fsp3) is 0.105. The number of nitrogens with one attached hydrogen (secondary N) is 1. The third-order valence-electron chi connectivity index (χ3n) is 3.52. The number of para-hydroxylation sites is 1. The molecule has 0 unspecified atom stereocenters. The highest BCUT2D eigenvalue weighted by Gasteiger charge is 2.13. The molecule has 1 amide bonds. The molecule has 0 radical (unpaired) electrons. The molecule has 1 N–H and O–H groups in total. The van der Waals surface area contributed by atoms with Gasteiger partial charge in [0.15, 0.2) is 0 Å². The molecule has 0 bridgehead atoms. The zero-order valence-electron chi connectivity index (χ0n) is 12.9. The van der Waals surface area contributed by atoms with Crippen LogP contribution in [0.25, 0.3) is 6.08 Å². The molecule has 2 aromatic rings. The zero-order chi connectivity index (χ0) is 16.8. The van der Waals surface area contributed by atoms with E-state index in [1.807, 2.05) is 42.5 Å². The number of aromatic nitrogens is 1. The van der Waals surface area contributed by atoms with Crippen molar-refractivity contribution in [3.63, 3.8) is 0 Å². The quantitative estimate of drug-likeness (QED) is 0.695. The standard InChI is InChI=1S/C19H15N3O2/c20-10-17(19(23)22-12-14-4-3-7-21-11-14)9-15-8-16-5-1-2-6-18(16)24-13-15/h1-9,11H,12-13H2,(H,22,23)/b17-9-. The average Bonchev–Trinajstić information content (AvgIpc) is 2.65. The van der Waals surface area contributed by atoms with E-state index < -0.39 is 5.91 Å². The van der Waals surface area contributed by atoms with Gasteiger partial charge in [-0.25, -0.2) is 0 Å². The van der Waals surface area contributed by atoms with Gasteiger partial charge in [0.1, 0.15) is 24.0 Å². The molecule has 1 aliphatic rings. The first kappa shape index (κ1) is 15.5. The molecular formula is C19H15N3O2. The van der Waals surface area contributed by atoms with Gasteiger partial charge in [0.25, 0.3) is 5.91 Å². The summed E-state index contributed by atoms with van der Waals surface area (Å²) in [4.78, 5) is 16.2. The lowest BCUT2D eigenvalue weighted by atomic mass is 10.1. The molecule has 1 aromatic carbocycles. The lowest BCUT2D eigenvalue weighted by Gasteiger charge is -2.16. The Bertz CT molecular complexity index is 848. The van der Waals surface area contributed by atoms with E-state index in [0.717, 1.165) is 22.4 Å². The van der Waals surface area contributed by atoms with Crippen LogP contribution in [-0.2, 0) is 11.3 Å². The molecule has 5 nitrogen and oxygen atoms in total. The van der Waals surface area contributed by atoms with Gasteiger partial charge in [-0.3, -0.25) is 9.78 Å². The first-order valence-corrected chi connectivity index (χ1v) is 7.47. The summed E-state index contributed by atoms with van der Waals surface area (Å²) in [6, 6.07) is 13.2. The summed E-state index contributed by atoms with van der Waals surface area (Å²) in [6.07, 6.45) is 6.82. The van der Waals surface area contributed by atoms with Crippen LogP contribution in [0, 0.1) is 11.3 Å². The number of carbonyl (C=O) groups excluding carboxylic acids is 1. The summed E-state index contributed by atoms with van der Waals surface area (Å²) >= 11 is 0. The maximum Gasteiger partial charge on any atom is 0.262 e. The van der Waals surface area contributed by atoms with Gasteiger partial charge in [-0.2, -0.15) is 5.26 Å². The maximum absolute atomic E-state index is 12.2. The van der Waals surface area contributed by atoms with Crippen molar-refractivity contribution in [2.45, 2.75) is 6.54 Å². The minimum absolute atomic E-state index is 0.0492. The monoisotopic (exact) mass is 317 g/mol. The number of hydrogen-bond acceptors (Lipinski definition) is 4. The Morgan fingerprint density at radius 1 is 1.33 bits per heavy atom. The van der Waals surface area contributed by atoms with Crippen molar-refractivity contribution in [3.05, 3.63) is 77.1 Å². The normalized spacial score (nSPS) is 13.1. The first-order valence-electron chi connectivity index (χ1n) is 7.47. The van der Waals surface area contributed by atoms with Gasteiger partial charge in [0.05, 0.1) is 0 Å². The summed E-state index contributed by atoms with van der Waals surface area (Å²) in [6.45, 7) is 0.655. The van der Waals surface area contributed by atoms with Crippen LogP contribution >= 0.6 is 0 Å². The molecule has 3 rings (SSSR count). The van der Waals surface area contributed by atoms with Crippen molar-refractivity contribution in [2.75, 3.05) is 6.61 Å². The highest BCUT2D eigenvalue weighted by atomic mass is 16.5. The fourth-order valence-corrected chi connectivity index (χ4v) is 2.33. The van der Waals surface area contributed by atoms with Crippen LogP contribution < -0.4 is 10.1 Å². The van der Waals surface area contributed by atoms with Crippen molar-refractivity contribution in [3.8, 4) is 11.8 Å². The second-order valence-corrected chi connectivity index (χ2v) is 5.26. The van der Waals surface area contributed by atoms with Crippen LogP contribution in [-0.4, -0.2) is 17.5 Å². The number of hydrogen-bond donors (Lipinski definition) is 1. The van der Waals surface area contributed by atoms with Crippen LogP contribution in [0.15, 0.2) is 66.0 Å². The van der Waals surface area contributed by atoms with Crippen molar-refractivity contribution >= 4 is 12.0 Å². The molecule has 0 atom stereocenters. The molecule has 0 aliphatic carbocycles. The zero-order valence-corrected chi connectivity index (χ0v) is 12.9. The molecular weight excluding hydrogens is 302 g/mol. The Balaban J connectivity index is 1.72. The average molecular weight is 317 g/mol. The number of amides is 1. The molecule has 0 saturated carbocycles. The van der Waals surface area contributed by atoms with Gasteiger partial charge in [0.2, 0.25) is 0 Å². The van der Waals surface area contributed by atoms with E-state index in [9.17, 15) is 10.1 Å². The third-order valence-corrected chi connectivity index (χ3v) is 3.52. The van der Waals surface area contributed by atoms with E-state index in [0.29, 0.717) is 13.2 Å². The van der Waals surface area contributed by atoms with Gasteiger partial charge < -0.3 is 10.1 Å². The number of nitrogens with zero attached hydrogens (tertiary/aromatic N) is 2. The summed E-state index contributed by atoms with van der Waals surface area (Å²) in [7, 11) is 0. The second-order valence-electron chi connectivity index (χ2n) is 5.26. The number of fused-ring (bicyclic) bond motifs is 1. The summed E-state index contributed by atoms with van der Waals surface area (Å²) in [5.74, 6) is 0.385. The Morgan fingerprint density at radius 2 is 2.21 bits per heavy atom. The second kappa shape index (κ2) is 7.25. The molecule has 5 heteroatoms. The summed E-state index contributed by atoms with van der Waals surface area (Å²) in [5.41, 5.74) is 2.63. The minimum Gasteiger partial charge on any atom is -0.488 e. The lowest BCUT2D eigenvalue weighted by Crippen LogP contribution is -2.24. The van der Waals surface area contributed by atoms with Crippen molar-refractivity contribution < 1.29 is 9.53 Å². The van der Waals surface area contributed by atoms with Crippen LogP contribution in [0.1, 0.15) is 11.1 Å². The molecule has 0 saturated heterocycles. The topological polar surface area (TPSA) is 75.0 Å². The smallest absolute Gasteiger partial charge is 0.262 e. The van der Waals surface area contributed by atoms with Crippen molar-refractivity contribution in [2.24, 2.45) is 0 Å². The number of carbonyl (C=O) groups is 1.